The molecule has 1 aromatic rings. The zero-order valence-corrected chi connectivity index (χ0v) is 5.15. The first-order chi connectivity index (χ1) is 3.93. The van der Waals surface area contributed by atoms with E-state index in [1.54, 1.807) is 11.3 Å². The lowest BCUT2D eigenvalue weighted by molar-refractivity contribution is 0.497. The van der Waals surface area contributed by atoms with Crippen LogP contribution in [0.25, 0.3) is 0 Å². The first-order valence-corrected chi connectivity index (χ1v) is 3.12. The molecule has 0 aliphatic heterocycles. The molecule has 8 heavy (non-hydrogen) atoms. The highest BCUT2D eigenvalue weighted by Crippen LogP contribution is 2.17. The van der Waals surface area contributed by atoms with Crippen LogP contribution in [0.3, 0.4) is 0 Å². The van der Waals surface area contributed by atoms with Crippen molar-refractivity contribution in [2.45, 2.75) is 0 Å². The number of hydrogen-bond donors (Lipinski definition) is 0. The van der Waals surface area contributed by atoms with Gasteiger partial charge in [-0.15, -0.1) is 11.3 Å². The Morgan fingerprint density at radius 2 is 2.62 bits per heavy atom. The second-order valence-electron chi connectivity index (χ2n) is 1.22. The van der Waals surface area contributed by atoms with Crippen LogP contribution in [-0.2, 0) is 0 Å². The Bertz CT molecular complexity index is 155. The zero-order valence-electron chi connectivity index (χ0n) is 4.33. The van der Waals surface area contributed by atoms with E-state index in [2.05, 4.69) is 6.58 Å². The molecule has 42 valence electrons. The monoisotopic (exact) mass is 126 g/mol. The summed E-state index contributed by atoms with van der Waals surface area (Å²) in [6.07, 6.45) is 1.42. The molecule has 1 heterocycles. The fourth-order valence-electron chi connectivity index (χ4n) is 0.413. The molecule has 0 aliphatic rings. The van der Waals surface area contributed by atoms with Crippen LogP contribution >= 0.6 is 11.3 Å². The van der Waals surface area contributed by atoms with E-state index in [1.165, 1.54) is 6.26 Å². The van der Waals surface area contributed by atoms with Gasteiger partial charge in [0.25, 0.3) is 0 Å². The second-order valence-corrected chi connectivity index (χ2v) is 2.13. The van der Waals surface area contributed by atoms with Gasteiger partial charge in [-0.3, -0.25) is 0 Å². The smallest absolute Gasteiger partial charge is 0.179 e. The first kappa shape index (κ1) is 5.38. The van der Waals surface area contributed by atoms with Crippen LogP contribution in [0.2, 0.25) is 0 Å². The summed E-state index contributed by atoms with van der Waals surface area (Å²) in [6, 6.07) is 3.83. The summed E-state index contributed by atoms with van der Waals surface area (Å²) in [5.41, 5.74) is 0. The standard InChI is InChI=1S/C6H6OS/c1-2-7-6-4-3-5-8-6/h2-5H,1H2. The van der Waals surface area contributed by atoms with Crippen molar-refractivity contribution in [1.29, 1.82) is 0 Å². The highest BCUT2D eigenvalue weighted by atomic mass is 32.1. The zero-order chi connectivity index (χ0) is 5.82. The van der Waals surface area contributed by atoms with Crippen molar-refractivity contribution in [3.05, 3.63) is 30.4 Å². The van der Waals surface area contributed by atoms with Crippen molar-refractivity contribution >= 4 is 11.3 Å². The van der Waals surface area contributed by atoms with Gasteiger partial charge in [0.05, 0.1) is 6.26 Å². The normalized spacial score (nSPS) is 8.50. The van der Waals surface area contributed by atoms with Gasteiger partial charge in [-0.05, 0) is 17.5 Å². The largest absolute Gasteiger partial charge is 0.455 e. The topological polar surface area (TPSA) is 9.23 Å². The lowest BCUT2D eigenvalue weighted by Gasteiger charge is -1.88. The quantitative estimate of drug-likeness (QED) is 0.552. The van der Waals surface area contributed by atoms with E-state index in [-0.39, 0.29) is 0 Å². The third-order valence-electron chi connectivity index (χ3n) is 0.695. The first-order valence-electron chi connectivity index (χ1n) is 2.24. The summed E-state index contributed by atoms with van der Waals surface area (Å²) in [4.78, 5) is 0. The maximum absolute atomic E-state index is 4.93. The average molecular weight is 126 g/mol. The summed E-state index contributed by atoms with van der Waals surface area (Å²) < 4.78 is 4.93. The van der Waals surface area contributed by atoms with Crippen molar-refractivity contribution in [3.8, 4) is 5.06 Å². The second kappa shape index (κ2) is 2.52. The molecule has 0 N–H and O–H groups in total. The number of thiophene rings is 1. The van der Waals surface area contributed by atoms with E-state index in [4.69, 9.17) is 4.74 Å². The summed E-state index contributed by atoms with van der Waals surface area (Å²) in [7, 11) is 0. The molecule has 0 radical (unpaired) electrons. The molecular weight excluding hydrogens is 120 g/mol. The third-order valence-corrected chi connectivity index (χ3v) is 1.45. The SMILES string of the molecule is C=COc1cccs1. The molecule has 0 atom stereocenters. The van der Waals surface area contributed by atoms with E-state index in [1.807, 2.05) is 17.5 Å². The molecule has 0 spiro atoms. The van der Waals surface area contributed by atoms with Crippen LogP contribution in [0, 0.1) is 0 Å². The lowest BCUT2D eigenvalue weighted by atomic mass is 10.7. The predicted molar refractivity (Wildman–Crippen MR) is 35.1 cm³/mol. The molecule has 0 unspecified atom stereocenters. The van der Waals surface area contributed by atoms with Crippen molar-refractivity contribution < 1.29 is 4.74 Å². The highest BCUT2D eigenvalue weighted by molar-refractivity contribution is 7.11. The van der Waals surface area contributed by atoms with Crippen LogP contribution in [-0.4, -0.2) is 0 Å². The Hall–Kier alpha value is -0.760. The van der Waals surface area contributed by atoms with Crippen LogP contribution < -0.4 is 4.74 Å². The molecule has 0 saturated carbocycles. The molecule has 1 rings (SSSR count). The Labute approximate surface area is 52.2 Å². The summed E-state index contributed by atoms with van der Waals surface area (Å²) >= 11 is 1.55. The van der Waals surface area contributed by atoms with Gasteiger partial charge in [0, 0.05) is 0 Å². The average Bonchev–Trinajstić information content (AvgIpc) is 2.19. The van der Waals surface area contributed by atoms with Crippen molar-refractivity contribution in [1.82, 2.24) is 0 Å². The summed E-state index contributed by atoms with van der Waals surface area (Å²) in [5.74, 6) is 0. The fourth-order valence-corrected chi connectivity index (χ4v) is 0.985. The maximum atomic E-state index is 4.93. The van der Waals surface area contributed by atoms with Gasteiger partial charge < -0.3 is 4.74 Å². The van der Waals surface area contributed by atoms with Gasteiger partial charge in [-0.1, -0.05) is 6.58 Å². The molecule has 0 aliphatic carbocycles. The molecule has 0 fully saturated rings. The Morgan fingerprint density at radius 3 is 3.12 bits per heavy atom. The molecule has 2 heteroatoms. The Morgan fingerprint density at radius 1 is 1.75 bits per heavy atom. The molecule has 0 aromatic carbocycles. The van der Waals surface area contributed by atoms with Gasteiger partial charge in [-0.2, -0.15) is 0 Å². The molecule has 0 amide bonds. The fraction of sp³-hybridized carbons (Fsp3) is 0. The van der Waals surface area contributed by atoms with E-state index in [0.717, 1.165) is 5.06 Å². The Kier molecular flexibility index (Phi) is 1.70. The van der Waals surface area contributed by atoms with Gasteiger partial charge in [0.2, 0.25) is 0 Å². The number of rotatable bonds is 2. The van der Waals surface area contributed by atoms with E-state index >= 15 is 0 Å². The number of hydrogen-bond acceptors (Lipinski definition) is 2. The number of ether oxygens (including phenoxy) is 1. The van der Waals surface area contributed by atoms with Crippen LogP contribution in [0.1, 0.15) is 0 Å². The maximum Gasteiger partial charge on any atom is 0.179 e. The van der Waals surface area contributed by atoms with Crippen molar-refractivity contribution in [2.75, 3.05) is 0 Å². The molecular formula is C6H6OS. The Balaban J connectivity index is 2.62. The minimum atomic E-state index is 0.889. The summed E-state index contributed by atoms with van der Waals surface area (Å²) in [6.45, 7) is 3.42. The van der Waals surface area contributed by atoms with Crippen LogP contribution in [0.15, 0.2) is 30.4 Å². The third kappa shape index (κ3) is 1.10. The molecule has 1 nitrogen and oxygen atoms in total. The summed E-state index contributed by atoms with van der Waals surface area (Å²) in [5, 5.41) is 2.85. The van der Waals surface area contributed by atoms with Gasteiger partial charge in [0.15, 0.2) is 5.06 Å². The van der Waals surface area contributed by atoms with Gasteiger partial charge in [0.1, 0.15) is 0 Å². The van der Waals surface area contributed by atoms with E-state index < -0.39 is 0 Å². The molecule has 0 bridgehead atoms. The molecule has 0 saturated heterocycles. The lowest BCUT2D eigenvalue weighted by Crippen LogP contribution is -1.71. The highest BCUT2D eigenvalue weighted by Gasteiger charge is 1.85. The van der Waals surface area contributed by atoms with Crippen molar-refractivity contribution in [2.24, 2.45) is 0 Å². The molecule has 1 aromatic heterocycles. The van der Waals surface area contributed by atoms with Crippen LogP contribution in [0.4, 0.5) is 0 Å². The van der Waals surface area contributed by atoms with Crippen molar-refractivity contribution in [3.63, 3.8) is 0 Å². The minimum Gasteiger partial charge on any atom is -0.455 e. The minimum absolute atomic E-state index is 0.889. The predicted octanol–water partition coefficient (Wildman–Crippen LogP) is 2.27. The van der Waals surface area contributed by atoms with E-state index in [9.17, 15) is 0 Å². The van der Waals surface area contributed by atoms with Crippen LogP contribution in [0.5, 0.6) is 5.06 Å². The van der Waals surface area contributed by atoms with Gasteiger partial charge >= 0.3 is 0 Å². The van der Waals surface area contributed by atoms with Gasteiger partial charge in [-0.25, -0.2) is 0 Å². The van der Waals surface area contributed by atoms with E-state index in [0.29, 0.717) is 0 Å².